The molecular formula is C15H25N3OS. The molecule has 3 rings (SSSR count). The lowest BCUT2D eigenvalue weighted by Crippen LogP contribution is -2.55. The molecule has 0 bridgehead atoms. The molecule has 0 aliphatic carbocycles. The predicted octanol–water partition coefficient (Wildman–Crippen LogP) is 2.26. The number of aromatic nitrogens is 1. The van der Waals surface area contributed by atoms with E-state index in [1.807, 2.05) is 0 Å². The number of anilines is 1. The number of rotatable bonds is 4. The Balaban J connectivity index is 1.80. The molecule has 0 saturated carbocycles. The molecule has 0 aromatic carbocycles. The zero-order valence-corrected chi connectivity index (χ0v) is 13.3. The summed E-state index contributed by atoms with van der Waals surface area (Å²) in [6.07, 6.45) is 4.72. The van der Waals surface area contributed by atoms with Crippen LogP contribution in [0, 0.1) is 0 Å². The van der Waals surface area contributed by atoms with Gasteiger partial charge in [0.15, 0.2) is 5.13 Å². The Kier molecular flexibility index (Phi) is 4.29. The molecule has 4 nitrogen and oxygen atoms in total. The van der Waals surface area contributed by atoms with Gasteiger partial charge in [0.1, 0.15) is 0 Å². The van der Waals surface area contributed by atoms with Gasteiger partial charge in [-0.2, -0.15) is 0 Å². The summed E-state index contributed by atoms with van der Waals surface area (Å²) in [6, 6.07) is 1.24. The van der Waals surface area contributed by atoms with Crippen molar-refractivity contribution in [1.82, 2.24) is 9.88 Å². The van der Waals surface area contributed by atoms with Crippen LogP contribution in [0.15, 0.2) is 0 Å². The fourth-order valence-corrected chi connectivity index (χ4v) is 4.58. The molecule has 1 aromatic rings. The highest BCUT2D eigenvalue weighted by Gasteiger charge is 2.35. The van der Waals surface area contributed by atoms with Crippen LogP contribution in [0.1, 0.15) is 43.7 Å². The van der Waals surface area contributed by atoms with E-state index in [4.69, 9.17) is 4.98 Å². The normalized spacial score (nSPS) is 27.1. The van der Waals surface area contributed by atoms with Gasteiger partial charge in [-0.25, -0.2) is 4.98 Å². The van der Waals surface area contributed by atoms with E-state index < -0.39 is 0 Å². The molecule has 2 aliphatic rings. The van der Waals surface area contributed by atoms with Gasteiger partial charge in [0.2, 0.25) is 0 Å². The summed E-state index contributed by atoms with van der Waals surface area (Å²) in [5, 5.41) is 10.6. The molecule has 0 amide bonds. The smallest absolute Gasteiger partial charge is 0.186 e. The molecule has 20 heavy (non-hydrogen) atoms. The first-order valence-corrected chi connectivity index (χ1v) is 8.64. The fourth-order valence-electron chi connectivity index (χ4n) is 3.50. The van der Waals surface area contributed by atoms with Gasteiger partial charge in [0, 0.05) is 25.2 Å². The van der Waals surface area contributed by atoms with Crippen molar-refractivity contribution in [2.75, 3.05) is 24.5 Å². The van der Waals surface area contributed by atoms with E-state index in [9.17, 15) is 5.11 Å². The van der Waals surface area contributed by atoms with E-state index in [1.165, 1.54) is 19.4 Å². The third kappa shape index (κ3) is 2.59. The number of thiazole rings is 1. The topological polar surface area (TPSA) is 39.6 Å². The number of aliphatic hydroxyl groups is 1. The minimum atomic E-state index is 0.130. The molecule has 2 saturated heterocycles. The van der Waals surface area contributed by atoms with Gasteiger partial charge in [0.25, 0.3) is 0 Å². The maximum atomic E-state index is 9.52. The number of hydrogen-bond donors (Lipinski definition) is 1. The van der Waals surface area contributed by atoms with Gasteiger partial charge in [-0.05, 0) is 32.7 Å². The molecule has 1 aromatic heterocycles. The average Bonchev–Trinajstić information content (AvgIpc) is 3.04. The van der Waals surface area contributed by atoms with Crippen LogP contribution in [0.5, 0.6) is 0 Å². The molecule has 2 fully saturated rings. The van der Waals surface area contributed by atoms with Crippen LogP contribution in [0.25, 0.3) is 0 Å². The van der Waals surface area contributed by atoms with E-state index in [0.29, 0.717) is 12.1 Å². The van der Waals surface area contributed by atoms with Gasteiger partial charge in [-0.1, -0.05) is 24.7 Å². The molecule has 2 unspecified atom stereocenters. The molecule has 2 aliphatic heterocycles. The molecule has 1 N–H and O–H groups in total. The lowest BCUT2D eigenvalue weighted by Gasteiger charge is -2.42. The van der Waals surface area contributed by atoms with Crippen molar-refractivity contribution in [3.05, 3.63) is 10.6 Å². The lowest BCUT2D eigenvalue weighted by molar-refractivity contribution is 0.203. The van der Waals surface area contributed by atoms with Crippen LogP contribution >= 0.6 is 11.3 Å². The lowest BCUT2D eigenvalue weighted by atomic mass is 10.1. The van der Waals surface area contributed by atoms with E-state index in [0.717, 1.165) is 41.6 Å². The first-order chi connectivity index (χ1) is 9.72. The second-order valence-corrected chi connectivity index (χ2v) is 7.13. The predicted molar refractivity (Wildman–Crippen MR) is 83.4 cm³/mol. The first kappa shape index (κ1) is 14.3. The highest BCUT2D eigenvalue weighted by Crippen LogP contribution is 2.33. The van der Waals surface area contributed by atoms with Crippen molar-refractivity contribution in [2.24, 2.45) is 0 Å². The third-order valence-corrected chi connectivity index (χ3v) is 5.70. The maximum Gasteiger partial charge on any atom is 0.186 e. The van der Waals surface area contributed by atoms with Crippen molar-refractivity contribution >= 4 is 16.5 Å². The van der Waals surface area contributed by atoms with Crippen molar-refractivity contribution < 1.29 is 5.11 Å². The summed E-state index contributed by atoms with van der Waals surface area (Å²) in [6.45, 7) is 8.12. The maximum absolute atomic E-state index is 9.52. The van der Waals surface area contributed by atoms with Gasteiger partial charge in [-0.3, -0.25) is 4.90 Å². The molecule has 112 valence electrons. The molecule has 2 atom stereocenters. The van der Waals surface area contributed by atoms with Crippen LogP contribution in [-0.4, -0.2) is 46.7 Å². The van der Waals surface area contributed by atoms with E-state index in [-0.39, 0.29) is 6.61 Å². The Morgan fingerprint density at radius 3 is 3.00 bits per heavy atom. The summed E-state index contributed by atoms with van der Waals surface area (Å²) in [5.74, 6) is 0. The Morgan fingerprint density at radius 2 is 2.25 bits per heavy atom. The highest BCUT2D eigenvalue weighted by atomic mass is 32.1. The SMILES string of the molecule is CCCc1nc(N2CC3CCCN3CC2C)sc1CO. The standard InChI is InChI=1S/C15H25N3OS/c1-3-5-13-14(10-19)20-15(16-13)18-9-12-6-4-7-17(12)8-11(18)2/h11-12,19H,3-10H2,1-2H3. The van der Waals surface area contributed by atoms with Gasteiger partial charge in [0.05, 0.1) is 17.2 Å². The number of nitrogens with zero attached hydrogens (tertiary/aromatic N) is 3. The molecule has 3 heterocycles. The Morgan fingerprint density at radius 1 is 1.40 bits per heavy atom. The average molecular weight is 295 g/mol. The van der Waals surface area contributed by atoms with Crippen molar-refractivity contribution in [3.63, 3.8) is 0 Å². The van der Waals surface area contributed by atoms with E-state index in [2.05, 4.69) is 23.6 Å². The summed E-state index contributed by atoms with van der Waals surface area (Å²) in [7, 11) is 0. The number of aliphatic hydroxyl groups excluding tert-OH is 1. The van der Waals surface area contributed by atoms with Crippen molar-refractivity contribution in [3.8, 4) is 0 Å². The van der Waals surface area contributed by atoms with Crippen LogP contribution in [-0.2, 0) is 13.0 Å². The van der Waals surface area contributed by atoms with E-state index in [1.54, 1.807) is 11.3 Å². The molecule has 0 spiro atoms. The summed E-state index contributed by atoms with van der Waals surface area (Å²) < 4.78 is 0. The quantitative estimate of drug-likeness (QED) is 0.925. The minimum Gasteiger partial charge on any atom is -0.391 e. The van der Waals surface area contributed by atoms with Crippen LogP contribution in [0.3, 0.4) is 0 Å². The van der Waals surface area contributed by atoms with Crippen molar-refractivity contribution in [1.29, 1.82) is 0 Å². The second-order valence-electron chi connectivity index (χ2n) is 6.07. The Hall–Kier alpha value is -0.650. The highest BCUT2D eigenvalue weighted by molar-refractivity contribution is 7.15. The Labute approximate surface area is 125 Å². The van der Waals surface area contributed by atoms with Crippen LogP contribution in [0.4, 0.5) is 5.13 Å². The number of piperazine rings is 1. The molecule has 0 radical (unpaired) electrons. The van der Waals surface area contributed by atoms with Gasteiger partial charge < -0.3 is 10.0 Å². The van der Waals surface area contributed by atoms with Crippen LogP contribution in [0.2, 0.25) is 0 Å². The summed E-state index contributed by atoms with van der Waals surface area (Å²) in [4.78, 5) is 11.0. The molecular weight excluding hydrogens is 270 g/mol. The number of aryl methyl sites for hydroxylation is 1. The third-order valence-electron chi connectivity index (χ3n) is 4.58. The summed E-state index contributed by atoms with van der Waals surface area (Å²) in [5.41, 5.74) is 1.11. The number of fused-ring (bicyclic) bond motifs is 1. The van der Waals surface area contributed by atoms with E-state index >= 15 is 0 Å². The zero-order valence-electron chi connectivity index (χ0n) is 12.5. The second kappa shape index (κ2) is 6.00. The first-order valence-electron chi connectivity index (χ1n) is 7.83. The van der Waals surface area contributed by atoms with Crippen LogP contribution < -0.4 is 4.90 Å². The van der Waals surface area contributed by atoms with Gasteiger partial charge >= 0.3 is 0 Å². The largest absolute Gasteiger partial charge is 0.391 e. The summed E-state index contributed by atoms with van der Waals surface area (Å²) >= 11 is 1.69. The van der Waals surface area contributed by atoms with Crippen molar-refractivity contribution in [2.45, 2.75) is 58.2 Å². The monoisotopic (exact) mass is 295 g/mol. The van der Waals surface area contributed by atoms with Gasteiger partial charge in [-0.15, -0.1) is 0 Å². The number of hydrogen-bond acceptors (Lipinski definition) is 5. The Bertz CT molecular complexity index is 462. The zero-order chi connectivity index (χ0) is 14.1. The molecule has 5 heteroatoms. The fraction of sp³-hybridized carbons (Fsp3) is 0.800. The minimum absolute atomic E-state index is 0.130.